The van der Waals surface area contributed by atoms with Crippen LogP contribution in [0.1, 0.15) is 18.9 Å². The number of rotatable bonds is 5. The highest BCUT2D eigenvalue weighted by Crippen LogP contribution is 2.30. The van der Waals surface area contributed by atoms with Crippen molar-refractivity contribution in [2.24, 2.45) is 0 Å². The van der Waals surface area contributed by atoms with Gasteiger partial charge in [-0.25, -0.2) is 4.39 Å². The average Bonchev–Trinajstić information content (AvgIpc) is 2.73. The molecule has 4 heteroatoms. The van der Waals surface area contributed by atoms with Gasteiger partial charge in [-0.3, -0.25) is 0 Å². The molecule has 0 saturated carbocycles. The number of hydrogen-bond acceptors (Lipinski definition) is 2. The summed E-state index contributed by atoms with van der Waals surface area (Å²) in [6.45, 7) is 3.92. The van der Waals surface area contributed by atoms with E-state index in [-0.39, 0.29) is 5.75 Å². The van der Waals surface area contributed by atoms with E-state index in [1.165, 1.54) is 6.07 Å². The van der Waals surface area contributed by atoms with Gasteiger partial charge in [-0.15, -0.1) is 0 Å². The number of phenols is 1. The van der Waals surface area contributed by atoms with Crippen LogP contribution in [-0.4, -0.2) is 23.2 Å². The Bertz CT molecular complexity index is 507. The molecule has 0 aliphatic rings. The fourth-order valence-electron chi connectivity index (χ4n) is 1.97. The molecule has 17 heavy (non-hydrogen) atoms. The summed E-state index contributed by atoms with van der Waals surface area (Å²) in [5.74, 6) is -0.825. The van der Waals surface area contributed by atoms with E-state index < -0.39 is 5.82 Å². The molecule has 2 aromatic rings. The molecular weight excluding hydrogens is 219 g/mol. The first-order valence-corrected chi connectivity index (χ1v) is 5.92. The van der Waals surface area contributed by atoms with Crippen molar-refractivity contribution in [3.05, 3.63) is 29.7 Å². The maximum absolute atomic E-state index is 13.3. The van der Waals surface area contributed by atoms with E-state index in [0.717, 1.165) is 37.0 Å². The normalized spacial score (nSPS) is 11.2. The maximum atomic E-state index is 13.3. The summed E-state index contributed by atoms with van der Waals surface area (Å²) in [4.78, 5) is 3.04. The number of benzene rings is 1. The van der Waals surface area contributed by atoms with Gasteiger partial charge in [0.1, 0.15) is 0 Å². The third kappa shape index (κ3) is 2.42. The van der Waals surface area contributed by atoms with Crippen LogP contribution in [-0.2, 0) is 6.42 Å². The zero-order valence-electron chi connectivity index (χ0n) is 9.89. The van der Waals surface area contributed by atoms with Crippen molar-refractivity contribution in [1.82, 2.24) is 10.3 Å². The Morgan fingerprint density at radius 2 is 2.18 bits per heavy atom. The minimum atomic E-state index is -0.570. The van der Waals surface area contributed by atoms with Crippen molar-refractivity contribution < 1.29 is 9.50 Å². The second-order valence-corrected chi connectivity index (χ2v) is 4.13. The van der Waals surface area contributed by atoms with Crippen molar-refractivity contribution in [2.75, 3.05) is 13.1 Å². The van der Waals surface area contributed by atoms with Crippen LogP contribution in [0, 0.1) is 5.82 Å². The largest absolute Gasteiger partial charge is 0.504 e. The van der Waals surface area contributed by atoms with Gasteiger partial charge in [0.15, 0.2) is 11.6 Å². The Labute approximate surface area is 99.7 Å². The van der Waals surface area contributed by atoms with Crippen LogP contribution in [0.2, 0.25) is 0 Å². The summed E-state index contributed by atoms with van der Waals surface area (Å²) >= 11 is 0. The van der Waals surface area contributed by atoms with Crippen LogP contribution in [0.15, 0.2) is 18.3 Å². The SMILES string of the molecule is CCCNCCc1c[nH]c2ccc(F)c(O)c12. The topological polar surface area (TPSA) is 48.0 Å². The lowest BCUT2D eigenvalue weighted by molar-refractivity contribution is 0.438. The van der Waals surface area contributed by atoms with Gasteiger partial charge < -0.3 is 15.4 Å². The molecule has 0 radical (unpaired) electrons. The first-order valence-electron chi connectivity index (χ1n) is 5.92. The lowest BCUT2D eigenvalue weighted by Crippen LogP contribution is -2.17. The van der Waals surface area contributed by atoms with Crippen molar-refractivity contribution in [3.63, 3.8) is 0 Å². The highest BCUT2D eigenvalue weighted by molar-refractivity contribution is 5.89. The monoisotopic (exact) mass is 236 g/mol. The summed E-state index contributed by atoms with van der Waals surface area (Å²) in [6.07, 6.45) is 3.70. The van der Waals surface area contributed by atoms with Gasteiger partial charge >= 0.3 is 0 Å². The van der Waals surface area contributed by atoms with Gasteiger partial charge in [0.2, 0.25) is 0 Å². The number of phenolic OH excluding ortho intramolecular Hbond substituents is 1. The average molecular weight is 236 g/mol. The Morgan fingerprint density at radius 1 is 1.35 bits per heavy atom. The molecule has 0 unspecified atom stereocenters. The molecule has 0 atom stereocenters. The fraction of sp³-hybridized carbons (Fsp3) is 0.385. The maximum Gasteiger partial charge on any atom is 0.165 e. The van der Waals surface area contributed by atoms with Gasteiger partial charge in [-0.1, -0.05) is 6.92 Å². The molecule has 1 aromatic carbocycles. The molecule has 92 valence electrons. The molecule has 0 bridgehead atoms. The van der Waals surface area contributed by atoms with Gasteiger partial charge in [0, 0.05) is 17.1 Å². The first kappa shape index (κ1) is 11.9. The number of aromatic nitrogens is 1. The van der Waals surface area contributed by atoms with Gasteiger partial charge in [0.25, 0.3) is 0 Å². The van der Waals surface area contributed by atoms with Gasteiger partial charge in [-0.05, 0) is 43.6 Å². The summed E-state index contributed by atoms with van der Waals surface area (Å²) in [5.41, 5.74) is 1.72. The van der Waals surface area contributed by atoms with Crippen molar-refractivity contribution >= 4 is 10.9 Å². The molecule has 1 heterocycles. The molecule has 0 fully saturated rings. The second kappa shape index (κ2) is 5.19. The predicted octanol–water partition coefficient (Wildman–Crippen LogP) is 2.55. The molecule has 3 nitrogen and oxygen atoms in total. The summed E-state index contributed by atoms with van der Waals surface area (Å²) in [5, 5.41) is 13.6. The summed E-state index contributed by atoms with van der Waals surface area (Å²) in [6, 6.07) is 2.92. The van der Waals surface area contributed by atoms with E-state index in [1.807, 2.05) is 6.20 Å². The number of aromatic amines is 1. The van der Waals surface area contributed by atoms with Crippen LogP contribution in [0.25, 0.3) is 10.9 Å². The van der Waals surface area contributed by atoms with E-state index in [9.17, 15) is 9.50 Å². The van der Waals surface area contributed by atoms with E-state index in [2.05, 4.69) is 17.2 Å². The van der Waals surface area contributed by atoms with Crippen LogP contribution in [0.5, 0.6) is 5.75 Å². The number of fused-ring (bicyclic) bond motifs is 1. The summed E-state index contributed by atoms with van der Waals surface area (Å²) < 4.78 is 13.3. The lowest BCUT2D eigenvalue weighted by Gasteiger charge is -2.03. The van der Waals surface area contributed by atoms with Crippen molar-refractivity contribution in [1.29, 1.82) is 0 Å². The van der Waals surface area contributed by atoms with E-state index >= 15 is 0 Å². The van der Waals surface area contributed by atoms with Gasteiger partial charge in [-0.2, -0.15) is 0 Å². The predicted molar refractivity (Wildman–Crippen MR) is 66.8 cm³/mol. The van der Waals surface area contributed by atoms with Crippen LogP contribution < -0.4 is 5.32 Å². The lowest BCUT2D eigenvalue weighted by atomic mass is 10.1. The smallest absolute Gasteiger partial charge is 0.165 e. The highest BCUT2D eigenvalue weighted by atomic mass is 19.1. The number of nitrogens with one attached hydrogen (secondary N) is 2. The molecule has 0 spiro atoms. The molecule has 1 aromatic heterocycles. The molecule has 0 saturated heterocycles. The Kier molecular flexibility index (Phi) is 3.64. The molecule has 0 aliphatic carbocycles. The zero-order chi connectivity index (χ0) is 12.3. The minimum absolute atomic E-state index is 0.255. The summed E-state index contributed by atoms with van der Waals surface area (Å²) in [7, 11) is 0. The van der Waals surface area contributed by atoms with E-state index in [0.29, 0.717) is 5.39 Å². The standard InChI is InChI=1S/C13H17FN2O/c1-2-6-15-7-5-9-8-16-11-4-3-10(14)13(17)12(9)11/h3-4,8,15-17H,2,5-7H2,1H3. The third-order valence-corrected chi connectivity index (χ3v) is 2.85. The molecule has 0 aliphatic heterocycles. The van der Waals surface area contributed by atoms with Crippen LogP contribution in [0.3, 0.4) is 0 Å². The number of H-pyrrole nitrogens is 1. The van der Waals surface area contributed by atoms with E-state index in [4.69, 9.17) is 0 Å². The number of aromatic hydroxyl groups is 1. The second-order valence-electron chi connectivity index (χ2n) is 4.13. The molecule has 2 rings (SSSR count). The van der Waals surface area contributed by atoms with Gasteiger partial charge in [0.05, 0.1) is 0 Å². The quantitative estimate of drug-likeness (QED) is 0.699. The Balaban J connectivity index is 2.20. The highest BCUT2D eigenvalue weighted by Gasteiger charge is 2.11. The van der Waals surface area contributed by atoms with Crippen molar-refractivity contribution in [2.45, 2.75) is 19.8 Å². The number of hydrogen-bond donors (Lipinski definition) is 3. The molecule has 3 N–H and O–H groups in total. The number of halogens is 1. The Hall–Kier alpha value is -1.55. The Morgan fingerprint density at radius 3 is 2.94 bits per heavy atom. The van der Waals surface area contributed by atoms with Crippen molar-refractivity contribution in [3.8, 4) is 5.75 Å². The molecular formula is C13H17FN2O. The minimum Gasteiger partial charge on any atom is -0.504 e. The molecule has 0 amide bonds. The van der Waals surface area contributed by atoms with E-state index in [1.54, 1.807) is 6.07 Å². The zero-order valence-corrected chi connectivity index (χ0v) is 9.89. The fourth-order valence-corrected chi connectivity index (χ4v) is 1.97. The van der Waals surface area contributed by atoms with Crippen LogP contribution >= 0.6 is 0 Å². The third-order valence-electron chi connectivity index (χ3n) is 2.85. The first-order chi connectivity index (χ1) is 8.24. The van der Waals surface area contributed by atoms with Crippen LogP contribution in [0.4, 0.5) is 4.39 Å².